The summed E-state index contributed by atoms with van der Waals surface area (Å²) in [6.07, 6.45) is 6.73. The Bertz CT molecular complexity index is 2530. The molecule has 51 heavy (non-hydrogen) atoms. The lowest BCUT2D eigenvalue weighted by molar-refractivity contribution is 0.443. The third kappa shape index (κ3) is 5.32. The van der Waals surface area contributed by atoms with E-state index in [1.54, 1.807) is 0 Å². The molecule has 0 spiro atoms. The molecule has 1 nitrogen and oxygen atoms in total. The Morgan fingerprint density at radius 1 is 0.333 bits per heavy atom. The van der Waals surface area contributed by atoms with Crippen molar-refractivity contribution in [2.75, 3.05) is 4.90 Å². The molecule has 0 aromatic heterocycles. The van der Waals surface area contributed by atoms with Crippen molar-refractivity contribution in [1.29, 1.82) is 0 Å². The monoisotopic (exact) mass is 653 g/mol. The number of fused-ring (bicyclic) bond motifs is 6. The molecule has 0 saturated heterocycles. The highest BCUT2D eigenvalue weighted by atomic mass is 15.1. The van der Waals surface area contributed by atoms with Gasteiger partial charge in [0.1, 0.15) is 0 Å². The Morgan fingerprint density at radius 2 is 0.765 bits per heavy atom. The van der Waals surface area contributed by atoms with Gasteiger partial charge in [-0.15, -0.1) is 0 Å². The molecule has 0 unspecified atom stereocenters. The van der Waals surface area contributed by atoms with Gasteiger partial charge in [-0.3, -0.25) is 0 Å². The molecule has 1 fully saturated rings. The Balaban J connectivity index is 1.05. The molecule has 244 valence electrons. The number of benzene rings is 8. The van der Waals surface area contributed by atoms with E-state index in [9.17, 15) is 0 Å². The maximum atomic E-state index is 2.41. The molecule has 2 aliphatic rings. The van der Waals surface area contributed by atoms with Gasteiger partial charge in [-0.25, -0.2) is 0 Å². The molecule has 2 aliphatic carbocycles. The van der Waals surface area contributed by atoms with Crippen molar-refractivity contribution in [1.82, 2.24) is 0 Å². The molecule has 0 N–H and O–H groups in total. The van der Waals surface area contributed by atoms with E-state index in [1.165, 1.54) is 121 Å². The standard InChI is InChI=1S/C50H39N/c1-5-13-34(14-6-1)35-21-24-43(25-22-35)51(42-19-11-4-12-20-42)44-26-23-38-28-47-48(31-39(38)27-44)50-33-41-30-46(37-17-9-3-10-18-37)45(29-40(41)32-49(47)50)36-15-7-2-8-16-36/h2-4,7-12,15-34H,1,5-6,13-14H2. The lowest BCUT2D eigenvalue weighted by Gasteiger charge is -2.28. The van der Waals surface area contributed by atoms with Crippen LogP contribution in [0.1, 0.15) is 43.6 Å². The number of para-hydroxylation sites is 1. The highest BCUT2D eigenvalue weighted by molar-refractivity contribution is 6.13. The molecular weight excluding hydrogens is 615 g/mol. The van der Waals surface area contributed by atoms with Gasteiger partial charge in [0, 0.05) is 17.1 Å². The Labute approximate surface area is 300 Å². The van der Waals surface area contributed by atoms with Gasteiger partial charge in [0.25, 0.3) is 0 Å². The first kappa shape index (κ1) is 29.9. The minimum atomic E-state index is 0.702. The van der Waals surface area contributed by atoms with Crippen LogP contribution < -0.4 is 4.90 Å². The van der Waals surface area contributed by atoms with Gasteiger partial charge >= 0.3 is 0 Å². The summed E-state index contributed by atoms with van der Waals surface area (Å²) >= 11 is 0. The third-order valence-electron chi connectivity index (χ3n) is 11.3. The van der Waals surface area contributed by atoms with E-state index in [4.69, 9.17) is 0 Å². The van der Waals surface area contributed by atoms with E-state index < -0.39 is 0 Å². The van der Waals surface area contributed by atoms with Crippen LogP contribution in [0.15, 0.2) is 170 Å². The molecule has 8 aromatic rings. The molecule has 0 radical (unpaired) electrons. The number of anilines is 3. The summed E-state index contributed by atoms with van der Waals surface area (Å²) in [6, 6.07) is 63.1. The van der Waals surface area contributed by atoms with E-state index >= 15 is 0 Å². The first-order valence-corrected chi connectivity index (χ1v) is 18.5. The SMILES string of the molecule is c1ccc(-c2cc3cc4c(cc3cc2-c2ccccc2)-c2cc3cc(N(c5ccccc5)c5ccc(C6CCCCC6)cc5)ccc3cc2-4)cc1. The first-order chi connectivity index (χ1) is 25.3. The molecule has 10 rings (SSSR count). The molecule has 0 heterocycles. The Kier molecular flexibility index (Phi) is 7.31. The molecule has 0 amide bonds. The van der Waals surface area contributed by atoms with Crippen LogP contribution in [-0.4, -0.2) is 0 Å². The van der Waals surface area contributed by atoms with Crippen LogP contribution in [0.4, 0.5) is 17.1 Å². The largest absolute Gasteiger partial charge is 0.310 e. The zero-order valence-corrected chi connectivity index (χ0v) is 28.7. The topological polar surface area (TPSA) is 3.24 Å². The van der Waals surface area contributed by atoms with Gasteiger partial charge in [0.2, 0.25) is 0 Å². The van der Waals surface area contributed by atoms with Gasteiger partial charge < -0.3 is 4.90 Å². The van der Waals surface area contributed by atoms with E-state index in [-0.39, 0.29) is 0 Å². The molecule has 1 saturated carbocycles. The van der Waals surface area contributed by atoms with Gasteiger partial charge in [-0.1, -0.05) is 116 Å². The fraction of sp³-hybridized carbons (Fsp3) is 0.120. The minimum absolute atomic E-state index is 0.702. The normalized spacial score (nSPS) is 13.8. The highest BCUT2D eigenvalue weighted by Crippen LogP contribution is 2.51. The second kappa shape index (κ2) is 12.4. The van der Waals surface area contributed by atoms with Crippen LogP contribution in [0.25, 0.3) is 66.1 Å². The summed E-state index contributed by atoms with van der Waals surface area (Å²) in [5.41, 5.74) is 15.4. The van der Waals surface area contributed by atoms with Crippen LogP contribution >= 0.6 is 0 Å². The number of hydrogen-bond donors (Lipinski definition) is 0. The molecule has 0 aliphatic heterocycles. The lowest BCUT2D eigenvalue weighted by atomic mass is 9.77. The van der Waals surface area contributed by atoms with Gasteiger partial charge in [-0.05, 0) is 163 Å². The third-order valence-corrected chi connectivity index (χ3v) is 11.3. The minimum Gasteiger partial charge on any atom is -0.310 e. The summed E-state index contributed by atoms with van der Waals surface area (Å²) in [7, 11) is 0. The van der Waals surface area contributed by atoms with E-state index in [0.717, 1.165) is 0 Å². The van der Waals surface area contributed by atoms with Crippen molar-refractivity contribution in [2.24, 2.45) is 0 Å². The van der Waals surface area contributed by atoms with Crippen LogP contribution in [0.2, 0.25) is 0 Å². The average molecular weight is 654 g/mol. The van der Waals surface area contributed by atoms with Gasteiger partial charge in [0.15, 0.2) is 0 Å². The van der Waals surface area contributed by atoms with Crippen LogP contribution in [0.3, 0.4) is 0 Å². The molecule has 0 bridgehead atoms. The Morgan fingerprint density at radius 3 is 1.31 bits per heavy atom. The highest BCUT2D eigenvalue weighted by Gasteiger charge is 2.25. The molecular formula is C50H39N. The fourth-order valence-corrected chi connectivity index (χ4v) is 8.67. The van der Waals surface area contributed by atoms with Gasteiger partial charge in [0.05, 0.1) is 0 Å². The van der Waals surface area contributed by atoms with Crippen molar-refractivity contribution in [2.45, 2.75) is 38.0 Å². The maximum absolute atomic E-state index is 2.41. The summed E-state index contributed by atoms with van der Waals surface area (Å²) in [5.74, 6) is 0.702. The summed E-state index contributed by atoms with van der Waals surface area (Å²) in [5, 5.41) is 5.09. The van der Waals surface area contributed by atoms with Crippen LogP contribution in [-0.2, 0) is 0 Å². The summed E-state index contributed by atoms with van der Waals surface area (Å²) in [6.45, 7) is 0. The smallest absolute Gasteiger partial charge is 0.0468 e. The predicted molar refractivity (Wildman–Crippen MR) is 217 cm³/mol. The number of nitrogens with zero attached hydrogens (tertiary/aromatic N) is 1. The van der Waals surface area contributed by atoms with E-state index in [0.29, 0.717) is 5.92 Å². The van der Waals surface area contributed by atoms with Gasteiger partial charge in [-0.2, -0.15) is 0 Å². The van der Waals surface area contributed by atoms with Crippen LogP contribution in [0.5, 0.6) is 0 Å². The molecule has 0 atom stereocenters. The fourth-order valence-electron chi connectivity index (χ4n) is 8.67. The van der Waals surface area contributed by atoms with E-state index in [2.05, 4.69) is 175 Å². The second-order valence-electron chi connectivity index (χ2n) is 14.4. The first-order valence-electron chi connectivity index (χ1n) is 18.5. The molecule has 8 aromatic carbocycles. The maximum Gasteiger partial charge on any atom is 0.0468 e. The Hall–Kier alpha value is -5.92. The molecule has 1 heteroatoms. The lowest BCUT2D eigenvalue weighted by Crippen LogP contribution is -2.10. The van der Waals surface area contributed by atoms with Crippen molar-refractivity contribution >= 4 is 38.6 Å². The van der Waals surface area contributed by atoms with Crippen molar-refractivity contribution < 1.29 is 0 Å². The average Bonchev–Trinajstić information content (AvgIpc) is 3.21. The zero-order chi connectivity index (χ0) is 33.7. The number of hydrogen-bond acceptors (Lipinski definition) is 1. The number of rotatable bonds is 6. The zero-order valence-electron chi connectivity index (χ0n) is 28.7. The van der Waals surface area contributed by atoms with Crippen molar-refractivity contribution in [3.05, 3.63) is 175 Å². The predicted octanol–water partition coefficient (Wildman–Crippen LogP) is 14.5. The quantitative estimate of drug-likeness (QED) is 0.173. The summed E-state index contributed by atoms with van der Waals surface area (Å²) < 4.78 is 0. The van der Waals surface area contributed by atoms with Crippen molar-refractivity contribution in [3.8, 4) is 44.5 Å². The van der Waals surface area contributed by atoms with Crippen molar-refractivity contribution in [3.63, 3.8) is 0 Å². The van der Waals surface area contributed by atoms with Crippen LogP contribution in [0, 0.1) is 0 Å². The summed E-state index contributed by atoms with van der Waals surface area (Å²) in [4.78, 5) is 2.40. The van der Waals surface area contributed by atoms with E-state index in [1.807, 2.05) is 0 Å². The second-order valence-corrected chi connectivity index (χ2v) is 14.4.